The Hall–Kier alpha value is -1.91. The summed E-state index contributed by atoms with van der Waals surface area (Å²) in [5.41, 5.74) is 1.50. The van der Waals surface area contributed by atoms with Crippen molar-refractivity contribution in [3.05, 3.63) is 39.4 Å². The van der Waals surface area contributed by atoms with Gasteiger partial charge >= 0.3 is 0 Å². The summed E-state index contributed by atoms with van der Waals surface area (Å²) in [6.07, 6.45) is 3.39. The molecule has 0 unspecified atom stereocenters. The minimum absolute atomic E-state index is 0.0294. The summed E-state index contributed by atoms with van der Waals surface area (Å²) in [4.78, 5) is 25.7. The number of rotatable bonds is 2. The summed E-state index contributed by atoms with van der Waals surface area (Å²) < 4.78 is 0. The average Bonchev–Trinajstić information content (AvgIpc) is 3.01. The van der Waals surface area contributed by atoms with Gasteiger partial charge in [0.15, 0.2) is 0 Å². The number of carbonyl (C=O) groups excluding carboxylic acids is 1. The first kappa shape index (κ1) is 14.7. The average molecular weight is 314 g/mol. The second kappa shape index (κ2) is 4.34. The van der Waals surface area contributed by atoms with Crippen LogP contribution in [-0.4, -0.2) is 21.8 Å². The van der Waals surface area contributed by atoms with E-state index >= 15 is 0 Å². The molecule has 2 bridgehead atoms. The second-order valence-electron chi connectivity index (χ2n) is 8.12. The first-order valence-corrected chi connectivity index (χ1v) is 8.34. The Bertz CT molecular complexity index is 727. The van der Waals surface area contributed by atoms with Crippen LogP contribution in [-0.2, 0) is 6.54 Å². The molecule has 1 aromatic rings. The van der Waals surface area contributed by atoms with Gasteiger partial charge in [0.05, 0.1) is 22.6 Å². The molecule has 2 aliphatic carbocycles. The summed E-state index contributed by atoms with van der Waals surface area (Å²) in [6.45, 7) is 7.32. The van der Waals surface area contributed by atoms with Crippen molar-refractivity contribution in [1.82, 2.24) is 4.90 Å². The number of benzene rings is 1. The highest BCUT2D eigenvalue weighted by Crippen LogP contribution is 2.67. The van der Waals surface area contributed by atoms with E-state index in [-0.39, 0.29) is 33.4 Å². The van der Waals surface area contributed by atoms with Crippen molar-refractivity contribution in [2.45, 2.75) is 52.6 Å². The monoisotopic (exact) mass is 314 g/mol. The van der Waals surface area contributed by atoms with Gasteiger partial charge in [-0.15, -0.1) is 0 Å². The molecule has 1 heterocycles. The van der Waals surface area contributed by atoms with Crippen LogP contribution in [0.15, 0.2) is 18.2 Å². The number of nitrogens with zero attached hydrogens (tertiary/aromatic N) is 2. The lowest BCUT2D eigenvalue weighted by molar-refractivity contribution is -0.385. The molecule has 1 amide bonds. The largest absolute Gasteiger partial charge is 0.330 e. The van der Waals surface area contributed by atoms with Gasteiger partial charge < -0.3 is 4.90 Å². The van der Waals surface area contributed by atoms with E-state index in [0.717, 1.165) is 12.8 Å². The van der Waals surface area contributed by atoms with E-state index in [4.69, 9.17) is 0 Å². The van der Waals surface area contributed by atoms with Crippen molar-refractivity contribution < 1.29 is 9.72 Å². The Balaban J connectivity index is 1.73. The van der Waals surface area contributed by atoms with Crippen LogP contribution in [0.3, 0.4) is 0 Å². The fraction of sp³-hybridized carbons (Fsp3) is 0.611. The Labute approximate surface area is 135 Å². The fourth-order valence-corrected chi connectivity index (χ4v) is 5.39. The van der Waals surface area contributed by atoms with Gasteiger partial charge in [0.2, 0.25) is 0 Å². The molecule has 2 saturated carbocycles. The van der Waals surface area contributed by atoms with Gasteiger partial charge in [0.1, 0.15) is 0 Å². The lowest BCUT2D eigenvalue weighted by atomic mass is 9.69. The van der Waals surface area contributed by atoms with Crippen LogP contribution in [0.4, 0.5) is 5.69 Å². The molecule has 1 aliphatic heterocycles. The lowest BCUT2D eigenvalue weighted by Gasteiger charge is -2.43. The Morgan fingerprint density at radius 1 is 1.30 bits per heavy atom. The zero-order valence-electron chi connectivity index (χ0n) is 13.8. The molecule has 2 fully saturated rings. The molecule has 3 aliphatic rings. The maximum atomic E-state index is 12.9. The van der Waals surface area contributed by atoms with Crippen LogP contribution in [0.5, 0.6) is 0 Å². The normalized spacial score (nSPS) is 34.0. The summed E-state index contributed by atoms with van der Waals surface area (Å²) in [5.74, 6) is 0.613. The molecule has 5 heteroatoms. The van der Waals surface area contributed by atoms with Gasteiger partial charge in [0, 0.05) is 12.1 Å². The van der Waals surface area contributed by atoms with Crippen LogP contribution in [0, 0.1) is 26.9 Å². The predicted molar refractivity (Wildman–Crippen MR) is 86.0 cm³/mol. The van der Waals surface area contributed by atoms with E-state index in [1.54, 1.807) is 12.1 Å². The number of hydrogen-bond donors (Lipinski definition) is 0. The van der Waals surface area contributed by atoms with Crippen molar-refractivity contribution >= 4 is 11.6 Å². The van der Waals surface area contributed by atoms with Gasteiger partial charge in [-0.2, -0.15) is 0 Å². The molecule has 1 aromatic carbocycles. The van der Waals surface area contributed by atoms with Crippen molar-refractivity contribution in [3.63, 3.8) is 0 Å². The van der Waals surface area contributed by atoms with E-state index in [1.807, 2.05) is 4.90 Å². The third-order valence-corrected chi connectivity index (χ3v) is 7.29. The van der Waals surface area contributed by atoms with E-state index in [1.165, 1.54) is 12.5 Å². The molecule has 4 rings (SSSR count). The fourth-order valence-electron chi connectivity index (χ4n) is 5.39. The summed E-state index contributed by atoms with van der Waals surface area (Å²) in [6, 6.07) is 5.04. The topological polar surface area (TPSA) is 63.4 Å². The first-order valence-electron chi connectivity index (χ1n) is 8.34. The van der Waals surface area contributed by atoms with Gasteiger partial charge in [0.25, 0.3) is 11.6 Å². The van der Waals surface area contributed by atoms with Gasteiger partial charge in [-0.05, 0) is 42.1 Å². The predicted octanol–water partition coefficient (Wildman–Crippen LogP) is 3.77. The first-order chi connectivity index (χ1) is 10.8. The molecule has 0 spiro atoms. The Morgan fingerprint density at radius 2 is 2.04 bits per heavy atom. The zero-order valence-corrected chi connectivity index (χ0v) is 13.8. The van der Waals surface area contributed by atoms with E-state index < -0.39 is 0 Å². The molecular formula is C18H22N2O3. The standard InChI is InChI=1S/C18H22N2O3/c1-17(2)11-7-8-18(17,3)15(9-11)19-10-13-12(16(19)21)5-4-6-14(13)20(22)23/h4-6,11,15H,7-10H2,1-3H3/t11-,15+,18-/m1/s1. The highest BCUT2D eigenvalue weighted by molar-refractivity contribution is 5.99. The highest BCUT2D eigenvalue weighted by atomic mass is 16.6. The molecule has 5 nitrogen and oxygen atoms in total. The Morgan fingerprint density at radius 3 is 2.61 bits per heavy atom. The van der Waals surface area contributed by atoms with Crippen molar-refractivity contribution in [2.24, 2.45) is 16.7 Å². The number of nitro benzene ring substituents is 1. The maximum Gasteiger partial charge on any atom is 0.275 e. The van der Waals surface area contributed by atoms with Gasteiger partial charge in [-0.25, -0.2) is 0 Å². The molecule has 23 heavy (non-hydrogen) atoms. The summed E-state index contributed by atoms with van der Waals surface area (Å²) >= 11 is 0. The van der Waals surface area contributed by atoms with Crippen LogP contribution in [0.25, 0.3) is 0 Å². The summed E-state index contributed by atoms with van der Waals surface area (Å²) in [7, 11) is 0. The van der Waals surface area contributed by atoms with Crippen molar-refractivity contribution in [1.29, 1.82) is 0 Å². The number of hydrogen-bond acceptors (Lipinski definition) is 3. The molecule has 0 N–H and O–H groups in total. The Kier molecular flexibility index (Phi) is 2.77. The smallest absolute Gasteiger partial charge is 0.275 e. The van der Waals surface area contributed by atoms with Crippen LogP contribution in [0.1, 0.15) is 56.0 Å². The number of fused-ring (bicyclic) bond motifs is 3. The third kappa shape index (κ3) is 1.65. The molecule has 0 saturated heterocycles. The molecule has 0 aromatic heterocycles. The van der Waals surface area contributed by atoms with E-state index in [9.17, 15) is 14.9 Å². The number of nitro groups is 1. The van der Waals surface area contributed by atoms with E-state index in [0.29, 0.717) is 23.6 Å². The van der Waals surface area contributed by atoms with Gasteiger partial charge in [-0.3, -0.25) is 14.9 Å². The minimum Gasteiger partial charge on any atom is -0.330 e. The molecule has 122 valence electrons. The lowest BCUT2D eigenvalue weighted by Crippen LogP contribution is -2.47. The minimum atomic E-state index is -0.373. The van der Waals surface area contributed by atoms with Gasteiger partial charge in [-0.1, -0.05) is 26.8 Å². The van der Waals surface area contributed by atoms with Crippen LogP contribution >= 0.6 is 0 Å². The highest BCUT2D eigenvalue weighted by Gasteiger charge is 2.63. The third-order valence-electron chi connectivity index (χ3n) is 7.29. The summed E-state index contributed by atoms with van der Waals surface area (Å²) in [5, 5.41) is 11.3. The number of carbonyl (C=O) groups is 1. The van der Waals surface area contributed by atoms with Crippen molar-refractivity contribution in [2.75, 3.05) is 0 Å². The van der Waals surface area contributed by atoms with Crippen LogP contribution < -0.4 is 0 Å². The zero-order chi connectivity index (χ0) is 16.6. The maximum absolute atomic E-state index is 12.9. The number of amides is 1. The molecule has 3 atom stereocenters. The van der Waals surface area contributed by atoms with E-state index in [2.05, 4.69) is 20.8 Å². The van der Waals surface area contributed by atoms with Crippen molar-refractivity contribution in [3.8, 4) is 0 Å². The SMILES string of the molecule is CC1(C)[C@@H]2CC[C@]1(C)[C@@H](N1Cc3c(cccc3[N+](=O)[O-])C1=O)C2. The van der Waals surface area contributed by atoms with Crippen LogP contribution in [0.2, 0.25) is 0 Å². The second-order valence-corrected chi connectivity index (χ2v) is 8.12. The molecular weight excluding hydrogens is 292 g/mol. The quantitative estimate of drug-likeness (QED) is 0.616. The molecule has 0 radical (unpaired) electrons.